The lowest BCUT2D eigenvalue weighted by Crippen LogP contribution is -2.55. The lowest BCUT2D eigenvalue weighted by molar-refractivity contribution is -0.150. The summed E-state index contributed by atoms with van der Waals surface area (Å²) in [6.07, 6.45) is -1.13. The minimum Gasteiger partial charge on any atom is -0.479 e. The number of aliphatic hydroxyl groups is 1. The van der Waals surface area contributed by atoms with Crippen molar-refractivity contribution in [2.24, 2.45) is 0 Å². The molecule has 0 saturated carbocycles. The first-order valence-corrected chi connectivity index (χ1v) is 4.28. The van der Waals surface area contributed by atoms with E-state index in [2.05, 4.69) is 16.6 Å². The predicted octanol–water partition coefficient (Wildman–Crippen LogP) is 0.123. The van der Waals surface area contributed by atoms with Crippen LogP contribution in [-0.2, 0) is 9.53 Å². The van der Waals surface area contributed by atoms with E-state index in [9.17, 15) is 14.7 Å². The molecular weight excluding hydrogens is 202 g/mol. The summed E-state index contributed by atoms with van der Waals surface area (Å²) in [7, 11) is 0. The van der Waals surface area contributed by atoms with Crippen molar-refractivity contribution in [3.05, 3.63) is 12.7 Å². The highest BCUT2D eigenvalue weighted by atomic mass is 16.5. The van der Waals surface area contributed by atoms with Gasteiger partial charge in [-0.2, -0.15) is 0 Å². The number of amides is 1. The molecule has 0 aliphatic rings. The van der Waals surface area contributed by atoms with Crippen molar-refractivity contribution >= 4 is 12.1 Å². The quantitative estimate of drug-likeness (QED) is 0.568. The van der Waals surface area contributed by atoms with Gasteiger partial charge in [-0.25, -0.2) is 9.59 Å². The van der Waals surface area contributed by atoms with Crippen LogP contribution in [0.15, 0.2) is 12.7 Å². The molecule has 1 unspecified atom stereocenters. The van der Waals surface area contributed by atoms with Crippen LogP contribution in [0.2, 0.25) is 0 Å². The molecule has 0 saturated heterocycles. The average Bonchev–Trinajstić information content (AvgIpc) is 2.12. The molecule has 0 aromatic carbocycles. The van der Waals surface area contributed by atoms with Crippen molar-refractivity contribution in [2.45, 2.75) is 25.5 Å². The Morgan fingerprint density at radius 1 is 1.60 bits per heavy atom. The van der Waals surface area contributed by atoms with E-state index in [0.29, 0.717) is 0 Å². The van der Waals surface area contributed by atoms with Crippen molar-refractivity contribution < 1.29 is 24.5 Å². The van der Waals surface area contributed by atoms with Crippen LogP contribution >= 0.6 is 0 Å². The van der Waals surface area contributed by atoms with Gasteiger partial charge in [-0.05, 0) is 13.8 Å². The highest BCUT2D eigenvalue weighted by molar-refractivity contribution is 5.76. The molecule has 0 aliphatic carbocycles. The van der Waals surface area contributed by atoms with Crippen LogP contribution in [0.1, 0.15) is 13.8 Å². The standard InChI is InChI=1S/C9H15NO5/c1-4-5-15-8(14)10-9(2,3)6(11)7(12)13/h4,6,11H,1,5H2,2-3H3,(H,10,14)(H,12,13). The fourth-order valence-corrected chi connectivity index (χ4v) is 0.811. The second-order valence-electron chi connectivity index (χ2n) is 3.47. The van der Waals surface area contributed by atoms with Crippen LogP contribution in [0.3, 0.4) is 0 Å². The topological polar surface area (TPSA) is 95.9 Å². The SMILES string of the molecule is C=CCOC(=O)NC(C)(C)C(O)C(=O)O. The fraction of sp³-hybridized carbons (Fsp3) is 0.556. The third kappa shape index (κ3) is 4.46. The van der Waals surface area contributed by atoms with Gasteiger partial charge < -0.3 is 20.3 Å². The van der Waals surface area contributed by atoms with Gasteiger partial charge in [0.1, 0.15) is 6.61 Å². The third-order valence-electron chi connectivity index (χ3n) is 1.67. The molecule has 1 atom stereocenters. The van der Waals surface area contributed by atoms with Gasteiger partial charge in [-0.1, -0.05) is 12.7 Å². The number of alkyl carbamates (subject to hydrolysis) is 1. The van der Waals surface area contributed by atoms with Gasteiger partial charge in [-0.15, -0.1) is 0 Å². The van der Waals surface area contributed by atoms with E-state index in [4.69, 9.17) is 5.11 Å². The molecule has 0 aliphatic heterocycles. The van der Waals surface area contributed by atoms with E-state index >= 15 is 0 Å². The summed E-state index contributed by atoms with van der Waals surface area (Å²) >= 11 is 0. The van der Waals surface area contributed by atoms with E-state index in [1.165, 1.54) is 19.9 Å². The van der Waals surface area contributed by atoms with Gasteiger partial charge in [0.05, 0.1) is 5.54 Å². The van der Waals surface area contributed by atoms with Crippen molar-refractivity contribution in [1.82, 2.24) is 5.32 Å². The molecule has 15 heavy (non-hydrogen) atoms. The maximum Gasteiger partial charge on any atom is 0.407 e. The van der Waals surface area contributed by atoms with E-state index < -0.39 is 23.7 Å². The Bertz CT molecular complexity index is 261. The van der Waals surface area contributed by atoms with E-state index in [1.807, 2.05) is 0 Å². The first-order chi connectivity index (χ1) is 6.81. The van der Waals surface area contributed by atoms with Gasteiger partial charge in [-0.3, -0.25) is 0 Å². The Balaban J connectivity index is 4.29. The molecule has 6 heteroatoms. The lowest BCUT2D eigenvalue weighted by Gasteiger charge is -2.28. The zero-order valence-electron chi connectivity index (χ0n) is 8.69. The van der Waals surface area contributed by atoms with Crippen LogP contribution in [-0.4, -0.2) is 40.5 Å². The first-order valence-electron chi connectivity index (χ1n) is 4.28. The summed E-state index contributed by atoms with van der Waals surface area (Å²) in [4.78, 5) is 21.5. The van der Waals surface area contributed by atoms with Crippen molar-refractivity contribution in [1.29, 1.82) is 0 Å². The summed E-state index contributed by atoms with van der Waals surface area (Å²) in [6, 6.07) is 0. The van der Waals surface area contributed by atoms with Gasteiger partial charge in [0.2, 0.25) is 0 Å². The number of nitrogens with one attached hydrogen (secondary N) is 1. The Kier molecular flexibility index (Phi) is 4.80. The molecule has 0 heterocycles. The molecule has 0 aromatic rings. The number of aliphatic hydroxyl groups excluding tert-OH is 1. The number of aliphatic carboxylic acids is 1. The average molecular weight is 217 g/mol. The Morgan fingerprint density at radius 2 is 2.13 bits per heavy atom. The summed E-state index contributed by atoms with van der Waals surface area (Å²) < 4.78 is 4.58. The molecule has 6 nitrogen and oxygen atoms in total. The van der Waals surface area contributed by atoms with Crippen molar-refractivity contribution in [3.8, 4) is 0 Å². The van der Waals surface area contributed by atoms with Crippen molar-refractivity contribution in [3.63, 3.8) is 0 Å². The molecule has 0 spiro atoms. The number of carbonyl (C=O) groups is 2. The fourth-order valence-electron chi connectivity index (χ4n) is 0.811. The minimum absolute atomic E-state index is 0.0189. The maximum atomic E-state index is 11.1. The van der Waals surface area contributed by atoms with E-state index in [1.54, 1.807) is 0 Å². The van der Waals surface area contributed by atoms with Crippen LogP contribution < -0.4 is 5.32 Å². The number of rotatable bonds is 5. The highest BCUT2D eigenvalue weighted by Crippen LogP contribution is 2.09. The molecule has 1 amide bonds. The maximum absolute atomic E-state index is 11.1. The monoisotopic (exact) mass is 217 g/mol. The number of ether oxygens (including phenoxy) is 1. The van der Waals surface area contributed by atoms with Crippen LogP contribution in [0, 0.1) is 0 Å². The van der Waals surface area contributed by atoms with Gasteiger partial charge in [0.15, 0.2) is 6.10 Å². The molecule has 0 bridgehead atoms. The zero-order chi connectivity index (χ0) is 12.1. The molecule has 0 rings (SSSR count). The number of carboxylic acid groups (broad SMARTS) is 1. The Labute approximate surface area is 87.5 Å². The van der Waals surface area contributed by atoms with Crippen molar-refractivity contribution in [2.75, 3.05) is 6.61 Å². The highest BCUT2D eigenvalue weighted by Gasteiger charge is 2.35. The molecule has 0 radical (unpaired) electrons. The molecule has 86 valence electrons. The molecule has 0 fully saturated rings. The summed E-state index contributed by atoms with van der Waals surface area (Å²) in [5.74, 6) is -1.41. The molecule has 3 N–H and O–H groups in total. The van der Waals surface area contributed by atoms with Crippen LogP contribution in [0.5, 0.6) is 0 Å². The van der Waals surface area contributed by atoms with Crippen LogP contribution in [0.4, 0.5) is 4.79 Å². The summed E-state index contributed by atoms with van der Waals surface area (Å²) in [5.41, 5.74) is -1.30. The largest absolute Gasteiger partial charge is 0.479 e. The predicted molar refractivity (Wildman–Crippen MR) is 52.4 cm³/mol. The summed E-state index contributed by atoms with van der Waals surface area (Å²) in [5, 5.41) is 20.0. The zero-order valence-corrected chi connectivity index (χ0v) is 8.69. The second kappa shape index (κ2) is 5.35. The van der Waals surface area contributed by atoms with E-state index in [-0.39, 0.29) is 6.61 Å². The smallest absolute Gasteiger partial charge is 0.407 e. The number of hydrogen-bond donors (Lipinski definition) is 3. The van der Waals surface area contributed by atoms with Crippen LogP contribution in [0.25, 0.3) is 0 Å². The Morgan fingerprint density at radius 3 is 2.53 bits per heavy atom. The minimum atomic E-state index is -1.70. The third-order valence-corrected chi connectivity index (χ3v) is 1.67. The van der Waals surface area contributed by atoms with Gasteiger partial charge >= 0.3 is 12.1 Å². The number of hydrogen-bond acceptors (Lipinski definition) is 4. The van der Waals surface area contributed by atoms with Gasteiger partial charge in [0, 0.05) is 0 Å². The number of carbonyl (C=O) groups excluding carboxylic acids is 1. The second-order valence-corrected chi connectivity index (χ2v) is 3.47. The first kappa shape index (κ1) is 13.4. The number of carboxylic acids is 1. The normalized spacial score (nSPS) is 12.7. The van der Waals surface area contributed by atoms with E-state index in [0.717, 1.165) is 0 Å². The van der Waals surface area contributed by atoms with Gasteiger partial charge in [0.25, 0.3) is 0 Å². The molecular formula is C9H15NO5. The lowest BCUT2D eigenvalue weighted by atomic mass is 9.98. The molecule has 0 aromatic heterocycles. The Hall–Kier alpha value is -1.56. The summed E-state index contributed by atoms with van der Waals surface area (Å²) in [6.45, 7) is 6.11.